The predicted molar refractivity (Wildman–Crippen MR) is 98.6 cm³/mol. The second-order valence-corrected chi connectivity index (χ2v) is 6.43. The van der Waals surface area contributed by atoms with Gasteiger partial charge in [-0.3, -0.25) is 4.79 Å². The molecule has 3 rings (SSSR count). The highest BCUT2D eigenvalue weighted by atomic mass is 79.9. The average molecular weight is 386 g/mol. The molecule has 0 aliphatic rings. The topological polar surface area (TPSA) is 58.6 Å². The van der Waals surface area contributed by atoms with Gasteiger partial charge >= 0.3 is 0 Å². The molecule has 0 bridgehead atoms. The van der Waals surface area contributed by atoms with Crippen molar-refractivity contribution in [1.82, 2.24) is 0 Å². The van der Waals surface area contributed by atoms with Gasteiger partial charge in [-0.15, -0.1) is 0 Å². The van der Waals surface area contributed by atoms with Crippen molar-refractivity contribution in [2.45, 2.75) is 6.92 Å². The SMILES string of the molecule is Cc1ccc(O)c(NC(=O)COc2ccc3cc(Br)ccc3c2)c1. The van der Waals surface area contributed by atoms with Gasteiger partial charge in [0.1, 0.15) is 11.5 Å². The van der Waals surface area contributed by atoms with E-state index in [4.69, 9.17) is 4.74 Å². The molecule has 0 radical (unpaired) electrons. The number of aromatic hydroxyl groups is 1. The third-order valence-corrected chi connectivity index (χ3v) is 4.06. The Balaban J connectivity index is 1.65. The number of halogens is 1. The summed E-state index contributed by atoms with van der Waals surface area (Å²) in [6, 6.07) is 16.7. The number of rotatable bonds is 4. The number of hydrogen-bond donors (Lipinski definition) is 2. The molecule has 5 heteroatoms. The van der Waals surface area contributed by atoms with Crippen LogP contribution in [0.5, 0.6) is 11.5 Å². The number of phenols is 1. The molecular weight excluding hydrogens is 370 g/mol. The molecule has 4 nitrogen and oxygen atoms in total. The van der Waals surface area contributed by atoms with Gasteiger partial charge in [0.25, 0.3) is 5.91 Å². The van der Waals surface area contributed by atoms with Crippen molar-refractivity contribution in [3.8, 4) is 11.5 Å². The summed E-state index contributed by atoms with van der Waals surface area (Å²) in [4.78, 5) is 12.0. The summed E-state index contributed by atoms with van der Waals surface area (Å²) < 4.78 is 6.56. The summed E-state index contributed by atoms with van der Waals surface area (Å²) >= 11 is 3.44. The van der Waals surface area contributed by atoms with Crippen LogP contribution in [-0.4, -0.2) is 17.6 Å². The van der Waals surface area contributed by atoms with Crippen LogP contribution >= 0.6 is 15.9 Å². The Bertz CT molecular complexity index is 908. The maximum atomic E-state index is 12.0. The molecule has 0 fully saturated rings. The molecule has 2 N–H and O–H groups in total. The van der Waals surface area contributed by atoms with Crippen molar-refractivity contribution in [1.29, 1.82) is 0 Å². The molecule has 0 heterocycles. The molecular formula is C19H16BrNO3. The summed E-state index contributed by atoms with van der Waals surface area (Å²) in [5.74, 6) is 0.325. The molecule has 0 unspecified atom stereocenters. The quantitative estimate of drug-likeness (QED) is 0.643. The molecule has 24 heavy (non-hydrogen) atoms. The minimum absolute atomic E-state index is 0.0326. The van der Waals surface area contributed by atoms with Gasteiger partial charge in [0.15, 0.2) is 6.61 Å². The summed E-state index contributed by atoms with van der Waals surface area (Å²) in [7, 11) is 0. The Labute approximate surface area is 148 Å². The van der Waals surface area contributed by atoms with E-state index in [-0.39, 0.29) is 18.3 Å². The number of benzene rings is 3. The highest BCUT2D eigenvalue weighted by molar-refractivity contribution is 9.10. The van der Waals surface area contributed by atoms with E-state index in [1.54, 1.807) is 18.2 Å². The summed E-state index contributed by atoms with van der Waals surface area (Å²) in [5.41, 5.74) is 1.33. The molecule has 0 aliphatic carbocycles. The fourth-order valence-electron chi connectivity index (χ4n) is 2.37. The maximum Gasteiger partial charge on any atom is 0.262 e. The van der Waals surface area contributed by atoms with Gasteiger partial charge in [-0.2, -0.15) is 0 Å². The minimum atomic E-state index is -0.327. The molecule has 1 amide bonds. The number of hydrogen-bond acceptors (Lipinski definition) is 3. The number of aryl methyl sites for hydroxylation is 1. The van der Waals surface area contributed by atoms with E-state index in [9.17, 15) is 9.90 Å². The zero-order chi connectivity index (χ0) is 17.1. The van der Waals surface area contributed by atoms with Crippen LogP contribution in [0.1, 0.15) is 5.56 Å². The standard InChI is InChI=1S/C19H16BrNO3/c1-12-2-7-18(22)17(8-12)21-19(23)11-24-16-6-4-13-9-15(20)5-3-14(13)10-16/h2-10,22H,11H2,1H3,(H,21,23). The van der Waals surface area contributed by atoms with Gasteiger partial charge in [0.05, 0.1) is 5.69 Å². The maximum absolute atomic E-state index is 12.0. The molecule has 122 valence electrons. The van der Waals surface area contributed by atoms with Crippen molar-refractivity contribution < 1.29 is 14.6 Å². The van der Waals surface area contributed by atoms with Crippen molar-refractivity contribution in [3.05, 3.63) is 64.6 Å². The third kappa shape index (κ3) is 3.86. The van der Waals surface area contributed by atoms with Crippen molar-refractivity contribution in [3.63, 3.8) is 0 Å². The third-order valence-electron chi connectivity index (χ3n) is 3.57. The van der Waals surface area contributed by atoms with Crippen molar-refractivity contribution in [2.24, 2.45) is 0 Å². The summed E-state index contributed by atoms with van der Waals surface area (Å²) in [6.07, 6.45) is 0. The zero-order valence-corrected chi connectivity index (χ0v) is 14.6. The monoisotopic (exact) mass is 385 g/mol. The Morgan fingerprint density at radius 3 is 2.67 bits per heavy atom. The number of phenolic OH excluding ortho intramolecular Hbond substituents is 1. The number of nitrogens with one attached hydrogen (secondary N) is 1. The van der Waals surface area contributed by atoms with Crippen LogP contribution in [0.15, 0.2) is 59.1 Å². The number of amides is 1. The first-order chi connectivity index (χ1) is 11.5. The van der Waals surface area contributed by atoms with Crippen LogP contribution in [0.4, 0.5) is 5.69 Å². The number of anilines is 1. The zero-order valence-electron chi connectivity index (χ0n) is 13.0. The first-order valence-electron chi connectivity index (χ1n) is 7.43. The van der Waals surface area contributed by atoms with E-state index >= 15 is 0 Å². The summed E-state index contributed by atoms with van der Waals surface area (Å²) in [6.45, 7) is 1.76. The average Bonchev–Trinajstić information content (AvgIpc) is 2.56. The molecule has 3 aromatic rings. The van der Waals surface area contributed by atoms with E-state index < -0.39 is 0 Å². The second-order valence-electron chi connectivity index (χ2n) is 5.51. The number of ether oxygens (including phenoxy) is 1. The van der Waals surface area contributed by atoms with E-state index in [2.05, 4.69) is 21.2 Å². The normalized spacial score (nSPS) is 10.6. The Kier molecular flexibility index (Phi) is 4.71. The van der Waals surface area contributed by atoms with Gasteiger partial charge in [-0.05, 0) is 59.7 Å². The predicted octanol–water partition coefficient (Wildman–Crippen LogP) is 4.63. The summed E-state index contributed by atoms with van der Waals surface area (Å²) in [5, 5.41) is 14.5. The van der Waals surface area contributed by atoms with Gasteiger partial charge in [-0.1, -0.05) is 34.1 Å². The first-order valence-corrected chi connectivity index (χ1v) is 8.22. The molecule has 0 aliphatic heterocycles. The molecule has 3 aromatic carbocycles. The van der Waals surface area contributed by atoms with Crippen LogP contribution in [0.25, 0.3) is 10.8 Å². The number of carbonyl (C=O) groups excluding carboxylic acids is 1. The molecule has 0 aromatic heterocycles. The Morgan fingerprint density at radius 2 is 1.83 bits per heavy atom. The smallest absolute Gasteiger partial charge is 0.262 e. The molecule has 0 spiro atoms. The van der Waals surface area contributed by atoms with Gasteiger partial charge < -0.3 is 15.2 Å². The number of carbonyl (C=O) groups is 1. The van der Waals surface area contributed by atoms with E-state index in [1.807, 2.05) is 43.3 Å². The highest BCUT2D eigenvalue weighted by Crippen LogP contribution is 2.25. The van der Waals surface area contributed by atoms with Crippen LogP contribution < -0.4 is 10.1 Å². The fourth-order valence-corrected chi connectivity index (χ4v) is 2.75. The van der Waals surface area contributed by atoms with Crippen LogP contribution in [-0.2, 0) is 4.79 Å². The lowest BCUT2D eigenvalue weighted by atomic mass is 10.1. The van der Waals surface area contributed by atoms with Crippen LogP contribution in [0.2, 0.25) is 0 Å². The fraction of sp³-hybridized carbons (Fsp3) is 0.105. The molecule has 0 atom stereocenters. The molecule has 0 saturated heterocycles. The van der Waals surface area contributed by atoms with E-state index in [1.165, 1.54) is 0 Å². The Hall–Kier alpha value is -2.53. The van der Waals surface area contributed by atoms with Gasteiger partial charge in [0.2, 0.25) is 0 Å². The van der Waals surface area contributed by atoms with Gasteiger partial charge in [-0.25, -0.2) is 0 Å². The first kappa shape index (κ1) is 16.3. The van der Waals surface area contributed by atoms with Crippen molar-refractivity contribution >= 4 is 38.3 Å². The van der Waals surface area contributed by atoms with E-state index in [0.717, 1.165) is 20.8 Å². The van der Waals surface area contributed by atoms with Crippen LogP contribution in [0, 0.1) is 6.92 Å². The lowest BCUT2D eigenvalue weighted by molar-refractivity contribution is -0.118. The highest BCUT2D eigenvalue weighted by Gasteiger charge is 2.08. The van der Waals surface area contributed by atoms with Crippen LogP contribution in [0.3, 0.4) is 0 Å². The molecule has 0 saturated carbocycles. The van der Waals surface area contributed by atoms with Gasteiger partial charge in [0, 0.05) is 4.47 Å². The Morgan fingerprint density at radius 1 is 1.08 bits per heavy atom. The second kappa shape index (κ2) is 6.93. The van der Waals surface area contributed by atoms with Crippen molar-refractivity contribution in [2.75, 3.05) is 11.9 Å². The van der Waals surface area contributed by atoms with E-state index in [0.29, 0.717) is 11.4 Å². The lowest BCUT2D eigenvalue weighted by Gasteiger charge is -2.10. The number of fused-ring (bicyclic) bond motifs is 1. The largest absolute Gasteiger partial charge is 0.506 e. The lowest BCUT2D eigenvalue weighted by Crippen LogP contribution is -2.20. The minimum Gasteiger partial charge on any atom is -0.506 e.